The van der Waals surface area contributed by atoms with E-state index >= 15 is 0 Å². The minimum Gasteiger partial charge on any atom is -0.464 e. The zero-order valence-corrected chi connectivity index (χ0v) is 13.6. The van der Waals surface area contributed by atoms with Gasteiger partial charge in [0.2, 0.25) is 0 Å². The predicted octanol–water partition coefficient (Wildman–Crippen LogP) is 4.81. The zero-order chi connectivity index (χ0) is 15.6. The third kappa shape index (κ3) is 5.80. The van der Waals surface area contributed by atoms with Crippen LogP contribution in [-0.4, -0.2) is 18.7 Å². The number of epoxide rings is 1. The van der Waals surface area contributed by atoms with Crippen LogP contribution in [-0.2, 0) is 14.3 Å². The Morgan fingerprint density at radius 2 is 1.64 bits per heavy atom. The van der Waals surface area contributed by atoms with E-state index in [1.807, 2.05) is 30.3 Å². The number of hydrogen-bond donors (Lipinski definition) is 0. The molecule has 2 rings (SSSR count). The number of benzene rings is 1. The van der Waals surface area contributed by atoms with Crippen LogP contribution in [0.4, 0.5) is 0 Å². The van der Waals surface area contributed by atoms with E-state index in [4.69, 9.17) is 9.47 Å². The molecule has 0 amide bonds. The normalized spacial score (nSPS) is 19.9. The van der Waals surface area contributed by atoms with Gasteiger partial charge >= 0.3 is 5.97 Å². The van der Waals surface area contributed by atoms with E-state index in [1.54, 1.807) is 0 Å². The molecule has 1 fully saturated rings. The van der Waals surface area contributed by atoms with E-state index in [0.717, 1.165) is 18.4 Å². The maximum atomic E-state index is 11.8. The summed E-state index contributed by atoms with van der Waals surface area (Å²) in [6, 6.07) is 9.84. The van der Waals surface area contributed by atoms with Crippen LogP contribution < -0.4 is 0 Å². The number of unbranched alkanes of at least 4 members (excludes halogenated alkanes) is 7. The Morgan fingerprint density at radius 3 is 2.32 bits per heavy atom. The van der Waals surface area contributed by atoms with E-state index < -0.39 is 6.10 Å². The fraction of sp³-hybridized carbons (Fsp3) is 0.632. The Balaban J connectivity index is 1.47. The first-order valence-corrected chi connectivity index (χ1v) is 8.70. The number of carbonyl (C=O) groups excluding carboxylic acids is 1. The van der Waals surface area contributed by atoms with Gasteiger partial charge in [0, 0.05) is 0 Å². The Labute approximate surface area is 134 Å². The quantitative estimate of drug-likeness (QED) is 0.334. The second-order valence-corrected chi connectivity index (χ2v) is 6.03. The summed E-state index contributed by atoms with van der Waals surface area (Å²) in [5.74, 6) is -0.211. The highest BCUT2D eigenvalue weighted by atomic mass is 16.6. The molecule has 122 valence electrons. The van der Waals surface area contributed by atoms with Gasteiger partial charge in [0.15, 0.2) is 6.10 Å². The van der Waals surface area contributed by atoms with Gasteiger partial charge < -0.3 is 9.47 Å². The summed E-state index contributed by atoms with van der Waals surface area (Å²) in [5.41, 5.74) is 1.05. The fourth-order valence-corrected chi connectivity index (χ4v) is 2.68. The minimum atomic E-state index is -0.392. The van der Waals surface area contributed by atoms with Crippen LogP contribution in [0.15, 0.2) is 30.3 Å². The molecular formula is C19H28O3. The van der Waals surface area contributed by atoms with Gasteiger partial charge in [0.1, 0.15) is 6.10 Å². The van der Waals surface area contributed by atoms with Crippen LogP contribution in [0.3, 0.4) is 0 Å². The van der Waals surface area contributed by atoms with E-state index in [1.165, 1.54) is 38.5 Å². The summed E-state index contributed by atoms with van der Waals surface area (Å²) < 4.78 is 10.7. The molecule has 1 aromatic rings. The fourth-order valence-electron chi connectivity index (χ4n) is 2.68. The molecule has 0 saturated carbocycles. The van der Waals surface area contributed by atoms with Gasteiger partial charge in [0.25, 0.3) is 0 Å². The predicted molar refractivity (Wildman–Crippen MR) is 87.6 cm³/mol. The molecular weight excluding hydrogens is 276 g/mol. The average Bonchev–Trinajstić information content (AvgIpc) is 3.35. The molecule has 0 unspecified atom stereocenters. The summed E-state index contributed by atoms with van der Waals surface area (Å²) >= 11 is 0. The summed E-state index contributed by atoms with van der Waals surface area (Å²) in [4.78, 5) is 11.8. The molecule has 3 heteroatoms. The van der Waals surface area contributed by atoms with E-state index in [9.17, 15) is 4.79 Å². The number of esters is 1. The first-order valence-electron chi connectivity index (χ1n) is 8.70. The maximum absolute atomic E-state index is 11.8. The van der Waals surface area contributed by atoms with Gasteiger partial charge in [-0.15, -0.1) is 0 Å². The van der Waals surface area contributed by atoms with Crippen LogP contribution >= 0.6 is 0 Å². The Bertz CT molecular complexity index is 430. The zero-order valence-electron chi connectivity index (χ0n) is 13.6. The molecule has 22 heavy (non-hydrogen) atoms. The van der Waals surface area contributed by atoms with Crippen molar-refractivity contribution >= 4 is 5.97 Å². The van der Waals surface area contributed by atoms with Crippen molar-refractivity contribution in [3.05, 3.63) is 35.9 Å². The standard InChI is InChI=1S/C19H28O3/c1-2-3-4-5-6-7-8-12-15-21-19(20)18-17(22-18)16-13-10-9-11-14-16/h9-11,13-14,17-18H,2-8,12,15H2,1H3/t17-,18+/m1/s1. The molecule has 1 heterocycles. The minimum absolute atomic E-state index is 0.104. The molecule has 0 spiro atoms. The van der Waals surface area contributed by atoms with Crippen molar-refractivity contribution in [1.29, 1.82) is 0 Å². The van der Waals surface area contributed by atoms with Gasteiger partial charge in [-0.25, -0.2) is 4.79 Å². The topological polar surface area (TPSA) is 38.8 Å². The van der Waals surface area contributed by atoms with Crippen LogP contribution in [0.2, 0.25) is 0 Å². The van der Waals surface area contributed by atoms with Crippen molar-refractivity contribution in [2.75, 3.05) is 6.61 Å². The molecule has 0 aliphatic carbocycles. The lowest BCUT2D eigenvalue weighted by Crippen LogP contribution is -2.13. The molecule has 0 N–H and O–H groups in total. The molecule has 3 nitrogen and oxygen atoms in total. The maximum Gasteiger partial charge on any atom is 0.338 e. The van der Waals surface area contributed by atoms with E-state index in [2.05, 4.69) is 6.92 Å². The Hall–Kier alpha value is -1.35. The van der Waals surface area contributed by atoms with E-state index in [0.29, 0.717) is 6.61 Å². The highest BCUT2D eigenvalue weighted by Gasteiger charge is 2.47. The lowest BCUT2D eigenvalue weighted by molar-refractivity contribution is -0.145. The average molecular weight is 304 g/mol. The lowest BCUT2D eigenvalue weighted by atomic mass is 10.1. The summed E-state index contributed by atoms with van der Waals surface area (Å²) in [7, 11) is 0. The number of hydrogen-bond acceptors (Lipinski definition) is 3. The summed E-state index contributed by atoms with van der Waals surface area (Å²) in [6.45, 7) is 2.76. The third-order valence-electron chi connectivity index (χ3n) is 4.09. The van der Waals surface area contributed by atoms with Crippen molar-refractivity contribution in [3.8, 4) is 0 Å². The van der Waals surface area contributed by atoms with Gasteiger partial charge in [-0.1, -0.05) is 82.2 Å². The Kier molecular flexibility index (Phi) is 7.44. The molecule has 1 saturated heterocycles. The number of ether oxygens (including phenoxy) is 2. The van der Waals surface area contributed by atoms with Crippen molar-refractivity contribution in [2.24, 2.45) is 0 Å². The number of carbonyl (C=O) groups is 1. The molecule has 0 bridgehead atoms. The van der Waals surface area contributed by atoms with Crippen LogP contribution in [0, 0.1) is 0 Å². The number of rotatable bonds is 11. The van der Waals surface area contributed by atoms with Crippen LogP contribution in [0.5, 0.6) is 0 Å². The Morgan fingerprint density at radius 1 is 1.00 bits per heavy atom. The molecule has 1 aliphatic rings. The van der Waals surface area contributed by atoms with Crippen molar-refractivity contribution in [1.82, 2.24) is 0 Å². The lowest BCUT2D eigenvalue weighted by Gasteiger charge is -2.03. The highest BCUT2D eigenvalue weighted by molar-refractivity contribution is 5.78. The second kappa shape index (κ2) is 9.62. The highest BCUT2D eigenvalue weighted by Crippen LogP contribution is 2.39. The van der Waals surface area contributed by atoms with Crippen LogP contribution in [0.1, 0.15) is 70.0 Å². The first kappa shape index (κ1) is 17.0. The SMILES string of the molecule is CCCCCCCCCCOC(=O)[C@H]1O[C@@H]1c1ccccc1. The third-order valence-corrected chi connectivity index (χ3v) is 4.09. The first-order chi connectivity index (χ1) is 10.8. The molecule has 0 radical (unpaired) electrons. The largest absolute Gasteiger partial charge is 0.464 e. The molecule has 1 aromatic carbocycles. The van der Waals surface area contributed by atoms with Gasteiger partial charge in [-0.3, -0.25) is 0 Å². The van der Waals surface area contributed by atoms with Crippen LogP contribution in [0.25, 0.3) is 0 Å². The smallest absolute Gasteiger partial charge is 0.338 e. The molecule has 0 aromatic heterocycles. The second-order valence-electron chi connectivity index (χ2n) is 6.03. The monoisotopic (exact) mass is 304 g/mol. The van der Waals surface area contributed by atoms with Crippen molar-refractivity contribution < 1.29 is 14.3 Å². The van der Waals surface area contributed by atoms with Gasteiger partial charge in [-0.05, 0) is 12.0 Å². The van der Waals surface area contributed by atoms with E-state index in [-0.39, 0.29) is 12.1 Å². The molecule has 1 aliphatic heterocycles. The van der Waals surface area contributed by atoms with Gasteiger partial charge in [-0.2, -0.15) is 0 Å². The van der Waals surface area contributed by atoms with Gasteiger partial charge in [0.05, 0.1) is 6.61 Å². The summed E-state index contributed by atoms with van der Waals surface area (Å²) in [6.07, 6.45) is 9.49. The summed E-state index contributed by atoms with van der Waals surface area (Å²) in [5, 5.41) is 0. The van der Waals surface area contributed by atoms with Crippen molar-refractivity contribution in [2.45, 2.75) is 70.5 Å². The molecule has 2 atom stereocenters. The van der Waals surface area contributed by atoms with Crippen molar-refractivity contribution in [3.63, 3.8) is 0 Å².